The molecule has 1 atom stereocenters. The normalized spacial score (nSPS) is 22.8. The maximum atomic E-state index is 2.57. The fourth-order valence-corrected chi connectivity index (χ4v) is 1.73. The van der Waals surface area contributed by atoms with E-state index >= 15 is 0 Å². The Morgan fingerprint density at radius 2 is 1.83 bits per heavy atom. The van der Waals surface area contributed by atoms with E-state index in [1.54, 1.807) is 0 Å². The summed E-state index contributed by atoms with van der Waals surface area (Å²) in [5.74, 6) is 2.70. The third kappa shape index (κ3) is 2.78. The van der Waals surface area contributed by atoms with E-state index in [-0.39, 0.29) is 0 Å². The van der Waals surface area contributed by atoms with Crippen LogP contribution in [0.25, 0.3) is 0 Å². The van der Waals surface area contributed by atoms with Gasteiger partial charge in [0.25, 0.3) is 0 Å². The minimum absolute atomic E-state index is 0.851. The molecule has 0 aromatic rings. The van der Waals surface area contributed by atoms with Gasteiger partial charge in [0.05, 0.1) is 0 Å². The summed E-state index contributed by atoms with van der Waals surface area (Å²) in [5, 5.41) is 0. The van der Waals surface area contributed by atoms with E-state index in [0.717, 1.165) is 17.8 Å². The molecule has 0 bridgehead atoms. The Hall–Kier alpha value is -0.0400. The van der Waals surface area contributed by atoms with Gasteiger partial charge in [-0.1, -0.05) is 27.7 Å². The predicted molar refractivity (Wildman–Crippen MR) is 54.2 cm³/mol. The fourth-order valence-electron chi connectivity index (χ4n) is 1.73. The topological polar surface area (TPSA) is 3.24 Å². The molecule has 12 heavy (non-hydrogen) atoms. The summed E-state index contributed by atoms with van der Waals surface area (Å²) in [6.07, 6.45) is 1.38. The highest BCUT2D eigenvalue weighted by Crippen LogP contribution is 2.19. The van der Waals surface area contributed by atoms with Crippen molar-refractivity contribution in [3.8, 4) is 0 Å². The molecule has 0 N–H and O–H groups in total. The zero-order valence-corrected chi connectivity index (χ0v) is 9.01. The molecule has 1 fully saturated rings. The third-order valence-corrected chi connectivity index (χ3v) is 3.18. The van der Waals surface area contributed by atoms with Gasteiger partial charge in [0.15, 0.2) is 0 Å². The van der Waals surface area contributed by atoms with Gasteiger partial charge in [-0.2, -0.15) is 0 Å². The lowest BCUT2D eigenvalue weighted by atomic mass is 9.93. The van der Waals surface area contributed by atoms with Crippen LogP contribution in [-0.4, -0.2) is 24.5 Å². The Kier molecular flexibility index (Phi) is 3.57. The second-order valence-electron chi connectivity index (χ2n) is 4.87. The SMILES string of the molecule is CC1CN(CCC(C)C(C)C)C1. The van der Waals surface area contributed by atoms with Gasteiger partial charge in [0.2, 0.25) is 0 Å². The molecule has 1 unspecified atom stereocenters. The lowest BCUT2D eigenvalue weighted by Gasteiger charge is -2.38. The largest absolute Gasteiger partial charge is 0.303 e. The molecule has 72 valence electrons. The van der Waals surface area contributed by atoms with Crippen LogP contribution in [0.3, 0.4) is 0 Å². The monoisotopic (exact) mass is 169 g/mol. The number of hydrogen-bond acceptors (Lipinski definition) is 1. The first-order valence-electron chi connectivity index (χ1n) is 5.32. The molecule has 1 nitrogen and oxygen atoms in total. The summed E-state index contributed by atoms with van der Waals surface area (Å²) in [4.78, 5) is 2.57. The molecule has 1 saturated heterocycles. The van der Waals surface area contributed by atoms with E-state index in [1.807, 2.05) is 0 Å². The van der Waals surface area contributed by atoms with E-state index in [9.17, 15) is 0 Å². The van der Waals surface area contributed by atoms with E-state index in [2.05, 4.69) is 32.6 Å². The molecule has 0 aromatic heterocycles. The molecular formula is C11H23N. The van der Waals surface area contributed by atoms with Crippen molar-refractivity contribution in [2.75, 3.05) is 19.6 Å². The van der Waals surface area contributed by atoms with Crippen LogP contribution in [0.15, 0.2) is 0 Å². The maximum Gasteiger partial charge on any atom is 0.00194 e. The third-order valence-electron chi connectivity index (χ3n) is 3.18. The highest BCUT2D eigenvalue weighted by molar-refractivity contribution is 4.76. The standard InChI is InChI=1S/C11H23N/c1-9(2)11(4)5-6-12-7-10(3)8-12/h9-11H,5-8H2,1-4H3. The molecule has 0 saturated carbocycles. The van der Waals surface area contributed by atoms with Crippen LogP contribution in [-0.2, 0) is 0 Å². The second kappa shape index (κ2) is 4.27. The minimum atomic E-state index is 0.851. The Morgan fingerprint density at radius 3 is 2.25 bits per heavy atom. The van der Waals surface area contributed by atoms with Crippen LogP contribution in [0, 0.1) is 17.8 Å². The fraction of sp³-hybridized carbons (Fsp3) is 1.00. The highest BCUT2D eigenvalue weighted by atomic mass is 15.2. The van der Waals surface area contributed by atoms with Crippen LogP contribution in [0.2, 0.25) is 0 Å². The van der Waals surface area contributed by atoms with Gasteiger partial charge < -0.3 is 4.90 Å². The van der Waals surface area contributed by atoms with Crippen molar-refractivity contribution >= 4 is 0 Å². The van der Waals surface area contributed by atoms with E-state index in [0.29, 0.717) is 0 Å². The van der Waals surface area contributed by atoms with Crippen LogP contribution in [0.1, 0.15) is 34.1 Å². The summed E-state index contributed by atoms with van der Waals surface area (Å²) in [5.41, 5.74) is 0. The van der Waals surface area contributed by atoms with Crippen LogP contribution >= 0.6 is 0 Å². The Balaban J connectivity index is 2.02. The van der Waals surface area contributed by atoms with Gasteiger partial charge in [-0.05, 0) is 30.7 Å². The molecule has 1 aliphatic rings. The molecule has 0 amide bonds. The van der Waals surface area contributed by atoms with Crippen LogP contribution < -0.4 is 0 Å². The zero-order chi connectivity index (χ0) is 9.14. The van der Waals surface area contributed by atoms with Crippen LogP contribution in [0.4, 0.5) is 0 Å². The molecule has 0 radical (unpaired) electrons. The summed E-state index contributed by atoms with van der Waals surface area (Å²) in [6, 6.07) is 0. The summed E-state index contributed by atoms with van der Waals surface area (Å²) < 4.78 is 0. The van der Waals surface area contributed by atoms with Gasteiger partial charge in [-0.25, -0.2) is 0 Å². The number of rotatable bonds is 4. The maximum absolute atomic E-state index is 2.57. The lowest BCUT2D eigenvalue weighted by Crippen LogP contribution is -2.45. The Bertz CT molecular complexity index is 125. The van der Waals surface area contributed by atoms with E-state index in [1.165, 1.54) is 26.1 Å². The average Bonchev–Trinajstić information content (AvgIpc) is 1.95. The Labute approximate surface area is 77.1 Å². The molecule has 1 heteroatoms. The Morgan fingerprint density at radius 1 is 1.25 bits per heavy atom. The summed E-state index contributed by atoms with van der Waals surface area (Å²) in [7, 11) is 0. The zero-order valence-electron chi connectivity index (χ0n) is 9.01. The molecule has 0 aromatic carbocycles. The summed E-state index contributed by atoms with van der Waals surface area (Å²) >= 11 is 0. The van der Waals surface area contributed by atoms with Gasteiger partial charge >= 0.3 is 0 Å². The van der Waals surface area contributed by atoms with Gasteiger partial charge in [0.1, 0.15) is 0 Å². The first-order chi connectivity index (χ1) is 5.59. The van der Waals surface area contributed by atoms with Gasteiger partial charge in [-0.3, -0.25) is 0 Å². The average molecular weight is 169 g/mol. The second-order valence-corrected chi connectivity index (χ2v) is 4.87. The molecule has 1 heterocycles. The number of hydrogen-bond donors (Lipinski definition) is 0. The van der Waals surface area contributed by atoms with Crippen molar-refractivity contribution in [1.82, 2.24) is 4.90 Å². The van der Waals surface area contributed by atoms with Crippen molar-refractivity contribution < 1.29 is 0 Å². The van der Waals surface area contributed by atoms with E-state index in [4.69, 9.17) is 0 Å². The molecule has 0 spiro atoms. The molecule has 0 aliphatic carbocycles. The summed E-state index contributed by atoms with van der Waals surface area (Å²) in [6.45, 7) is 13.3. The number of nitrogens with zero attached hydrogens (tertiary/aromatic N) is 1. The predicted octanol–water partition coefficient (Wildman–Crippen LogP) is 2.62. The van der Waals surface area contributed by atoms with Gasteiger partial charge in [0, 0.05) is 13.1 Å². The van der Waals surface area contributed by atoms with Crippen molar-refractivity contribution in [3.63, 3.8) is 0 Å². The van der Waals surface area contributed by atoms with Gasteiger partial charge in [-0.15, -0.1) is 0 Å². The first-order valence-corrected chi connectivity index (χ1v) is 5.32. The molecule has 1 rings (SSSR count). The van der Waals surface area contributed by atoms with Crippen molar-refractivity contribution in [1.29, 1.82) is 0 Å². The highest BCUT2D eigenvalue weighted by Gasteiger charge is 2.22. The minimum Gasteiger partial charge on any atom is -0.303 e. The van der Waals surface area contributed by atoms with Crippen molar-refractivity contribution in [2.24, 2.45) is 17.8 Å². The van der Waals surface area contributed by atoms with E-state index < -0.39 is 0 Å². The van der Waals surface area contributed by atoms with Crippen molar-refractivity contribution in [2.45, 2.75) is 34.1 Å². The molecule has 1 aliphatic heterocycles. The lowest BCUT2D eigenvalue weighted by molar-refractivity contribution is 0.103. The molecular weight excluding hydrogens is 146 g/mol. The van der Waals surface area contributed by atoms with Crippen molar-refractivity contribution in [3.05, 3.63) is 0 Å². The first kappa shape index (κ1) is 10.0. The quantitative estimate of drug-likeness (QED) is 0.625. The smallest absolute Gasteiger partial charge is 0.00194 e. The number of likely N-dealkylation sites (tertiary alicyclic amines) is 1. The van der Waals surface area contributed by atoms with Crippen LogP contribution in [0.5, 0.6) is 0 Å².